The Labute approximate surface area is 127 Å². The fraction of sp³-hybridized carbons (Fsp3) is 0.684. The van der Waals surface area contributed by atoms with Gasteiger partial charge in [0.2, 0.25) is 0 Å². The minimum atomic E-state index is -0.0941. The summed E-state index contributed by atoms with van der Waals surface area (Å²) in [4.78, 5) is 0. The Morgan fingerprint density at radius 3 is 2.67 bits per heavy atom. The molecule has 0 radical (unpaired) electrons. The van der Waals surface area contributed by atoms with Crippen LogP contribution in [0.4, 0.5) is 0 Å². The molecule has 0 bridgehead atoms. The van der Waals surface area contributed by atoms with Gasteiger partial charge in [0, 0.05) is 5.41 Å². The van der Waals surface area contributed by atoms with E-state index in [4.69, 9.17) is 0 Å². The average Bonchev–Trinajstić information content (AvgIpc) is 2.82. The lowest BCUT2D eigenvalue weighted by Gasteiger charge is -2.54. The van der Waals surface area contributed by atoms with E-state index in [1.165, 1.54) is 37.7 Å². The Bertz CT molecular complexity index is 570. The molecule has 2 saturated carbocycles. The number of hydrogen-bond acceptors (Lipinski definition) is 2. The molecule has 2 fully saturated rings. The first-order chi connectivity index (χ1) is 9.94. The first kappa shape index (κ1) is 13.5. The normalized spacial score (nSPS) is 48.5. The van der Waals surface area contributed by atoms with Gasteiger partial charge in [0.05, 0.1) is 0 Å². The average molecular weight is 286 g/mol. The molecule has 4 rings (SSSR count). The quantitative estimate of drug-likeness (QED) is 0.654. The Kier molecular flexibility index (Phi) is 2.68. The molecule has 0 spiro atoms. The maximum Gasteiger partial charge on any atom is 0.157 e. The van der Waals surface area contributed by atoms with Gasteiger partial charge in [-0.3, -0.25) is 0 Å². The van der Waals surface area contributed by atoms with Crippen LogP contribution in [-0.2, 0) is 0 Å². The summed E-state index contributed by atoms with van der Waals surface area (Å²) >= 11 is 0. The van der Waals surface area contributed by atoms with Crippen LogP contribution in [0.25, 0.3) is 0 Å². The van der Waals surface area contributed by atoms with Crippen LogP contribution in [0.5, 0.6) is 0 Å². The third-order valence-electron chi connectivity index (χ3n) is 7.21. The smallest absolute Gasteiger partial charge is 0.157 e. The largest absolute Gasteiger partial charge is 0.504 e. The van der Waals surface area contributed by atoms with Gasteiger partial charge in [0.25, 0.3) is 0 Å². The highest BCUT2D eigenvalue weighted by atomic mass is 16.3. The molecule has 0 aromatic carbocycles. The van der Waals surface area contributed by atoms with Crippen molar-refractivity contribution in [2.24, 2.45) is 28.6 Å². The van der Waals surface area contributed by atoms with Crippen molar-refractivity contribution >= 4 is 0 Å². The van der Waals surface area contributed by atoms with E-state index in [2.05, 4.69) is 19.9 Å². The van der Waals surface area contributed by atoms with Gasteiger partial charge in [-0.05, 0) is 73.0 Å². The van der Waals surface area contributed by atoms with Gasteiger partial charge in [-0.2, -0.15) is 0 Å². The monoisotopic (exact) mass is 286 g/mol. The summed E-state index contributed by atoms with van der Waals surface area (Å²) in [6.45, 7) is 4.76. The molecule has 0 amide bonds. The van der Waals surface area contributed by atoms with Crippen molar-refractivity contribution in [1.29, 1.82) is 0 Å². The molecule has 2 nitrogen and oxygen atoms in total. The highest BCUT2D eigenvalue weighted by Gasteiger charge is 2.55. The van der Waals surface area contributed by atoms with Gasteiger partial charge < -0.3 is 10.2 Å². The van der Waals surface area contributed by atoms with Crippen molar-refractivity contribution in [1.82, 2.24) is 0 Å². The molecular weight excluding hydrogens is 260 g/mol. The molecule has 0 unspecified atom stereocenters. The predicted molar refractivity (Wildman–Crippen MR) is 83.9 cm³/mol. The summed E-state index contributed by atoms with van der Waals surface area (Å²) in [6, 6.07) is 0. The van der Waals surface area contributed by atoms with Crippen molar-refractivity contribution < 1.29 is 10.2 Å². The van der Waals surface area contributed by atoms with E-state index in [0.29, 0.717) is 11.3 Å². The lowest BCUT2D eigenvalue weighted by Crippen LogP contribution is -2.47. The topological polar surface area (TPSA) is 40.5 Å². The van der Waals surface area contributed by atoms with E-state index >= 15 is 0 Å². The van der Waals surface area contributed by atoms with Crippen LogP contribution in [0, 0.1) is 28.6 Å². The first-order valence-corrected chi connectivity index (χ1v) is 8.47. The zero-order chi connectivity index (χ0) is 14.8. The predicted octanol–water partition coefficient (Wildman–Crippen LogP) is 5.05. The van der Waals surface area contributed by atoms with E-state index in [-0.39, 0.29) is 16.9 Å². The van der Waals surface area contributed by atoms with Crippen LogP contribution in [-0.4, -0.2) is 10.2 Å². The second-order valence-corrected chi connectivity index (χ2v) is 8.20. The minimum absolute atomic E-state index is 0.0266. The third kappa shape index (κ3) is 1.71. The number of aliphatic hydroxyl groups is 2. The lowest BCUT2D eigenvalue weighted by atomic mass is 9.50. The number of rotatable bonds is 0. The summed E-state index contributed by atoms with van der Waals surface area (Å²) in [7, 11) is 0. The van der Waals surface area contributed by atoms with Crippen LogP contribution in [0.15, 0.2) is 35.3 Å². The molecule has 21 heavy (non-hydrogen) atoms. The van der Waals surface area contributed by atoms with Gasteiger partial charge >= 0.3 is 0 Å². The summed E-state index contributed by atoms with van der Waals surface area (Å²) in [5, 5.41) is 19.8. The van der Waals surface area contributed by atoms with Crippen molar-refractivity contribution in [3.05, 3.63) is 35.3 Å². The third-order valence-corrected chi connectivity index (χ3v) is 7.21. The van der Waals surface area contributed by atoms with Crippen molar-refractivity contribution in [2.45, 2.75) is 52.4 Å². The molecule has 5 atom stereocenters. The lowest BCUT2D eigenvalue weighted by molar-refractivity contribution is -0.000972. The van der Waals surface area contributed by atoms with Gasteiger partial charge in [-0.1, -0.05) is 26.3 Å². The van der Waals surface area contributed by atoms with Crippen LogP contribution in [0.1, 0.15) is 52.4 Å². The number of fused-ring (bicyclic) bond motifs is 5. The molecule has 2 heteroatoms. The zero-order valence-electron chi connectivity index (χ0n) is 13.1. The molecule has 4 aliphatic carbocycles. The Balaban J connectivity index is 1.76. The molecule has 0 aliphatic heterocycles. The molecule has 0 aromatic rings. The van der Waals surface area contributed by atoms with Crippen LogP contribution in [0.3, 0.4) is 0 Å². The molecule has 4 aliphatic rings. The summed E-state index contributed by atoms with van der Waals surface area (Å²) < 4.78 is 0. The van der Waals surface area contributed by atoms with Gasteiger partial charge in [0.15, 0.2) is 11.5 Å². The van der Waals surface area contributed by atoms with Gasteiger partial charge in [-0.15, -0.1) is 0 Å². The van der Waals surface area contributed by atoms with Gasteiger partial charge in [-0.25, -0.2) is 0 Å². The zero-order valence-corrected chi connectivity index (χ0v) is 13.1. The second-order valence-electron chi connectivity index (χ2n) is 8.20. The summed E-state index contributed by atoms with van der Waals surface area (Å²) in [5.41, 5.74) is 1.67. The highest BCUT2D eigenvalue weighted by molar-refractivity contribution is 5.45. The fourth-order valence-electron chi connectivity index (χ4n) is 6.03. The molecule has 0 aromatic heterocycles. The highest BCUT2D eigenvalue weighted by Crippen LogP contribution is 2.63. The van der Waals surface area contributed by atoms with Crippen molar-refractivity contribution in [2.75, 3.05) is 0 Å². The summed E-state index contributed by atoms with van der Waals surface area (Å²) in [6.07, 6.45) is 13.9. The SMILES string of the molecule is C[C@@]12CCC[C@H]1[C@@H]1CC=C3C=C(O)C(O)=C[C@]3(C)[C@H]1CC2. The van der Waals surface area contributed by atoms with Crippen LogP contribution >= 0.6 is 0 Å². The van der Waals surface area contributed by atoms with E-state index in [1.807, 2.05) is 6.08 Å². The van der Waals surface area contributed by atoms with E-state index in [0.717, 1.165) is 18.3 Å². The van der Waals surface area contributed by atoms with Gasteiger partial charge in [0.1, 0.15) is 0 Å². The molecule has 2 N–H and O–H groups in total. The number of hydrogen-bond donors (Lipinski definition) is 2. The van der Waals surface area contributed by atoms with E-state index in [1.54, 1.807) is 6.08 Å². The Morgan fingerprint density at radius 1 is 1.05 bits per heavy atom. The summed E-state index contributed by atoms with van der Waals surface area (Å²) in [5.74, 6) is 2.30. The number of aliphatic hydroxyl groups excluding tert-OH is 2. The standard InChI is InChI=1S/C19H26O2/c1-18-8-3-4-14(18)13-6-5-12-10-16(20)17(21)11-19(12,2)15(13)7-9-18/h5,10-11,13-15,20-21H,3-4,6-9H2,1-2H3/t13-,14-,15-,18-,19-/m0/s1. The molecular formula is C19H26O2. The van der Waals surface area contributed by atoms with Crippen molar-refractivity contribution in [3.8, 4) is 0 Å². The maximum absolute atomic E-state index is 10.0. The molecule has 114 valence electrons. The Morgan fingerprint density at radius 2 is 1.86 bits per heavy atom. The maximum atomic E-state index is 10.0. The second kappa shape index (κ2) is 4.18. The number of allylic oxidation sites excluding steroid dienone is 4. The van der Waals surface area contributed by atoms with Crippen LogP contribution < -0.4 is 0 Å². The van der Waals surface area contributed by atoms with E-state index in [9.17, 15) is 10.2 Å². The van der Waals surface area contributed by atoms with Crippen LogP contribution in [0.2, 0.25) is 0 Å². The van der Waals surface area contributed by atoms with Crippen molar-refractivity contribution in [3.63, 3.8) is 0 Å². The fourth-order valence-corrected chi connectivity index (χ4v) is 6.03. The molecule has 0 heterocycles. The Hall–Kier alpha value is -1.18. The first-order valence-electron chi connectivity index (χ1n) is 8.47. The molecule has 0 saturated heterocycles. The minimum Gasteiger partial charge on any atom is -0.504 e. The van der Waals surface area contributed by atoms with E-state index < -0.39 is 0 Å².